The minimum atomic E-state index is -0.456. The molecule has 3 rings (SSSR count). The molecule has 0 unspecified atom stereocenters. The summed E-state index contributed by atoms with van der Waals surface area (Å²) in [6.45, 7) is 3.93. The van der Waals surface area contributed by atoms with E-state index in [4.69, 9.17) is 0 Å². The van der Waals surface area contributed by atoms with E-state index in [1.165, 1.54) is 12.1 Å². The number of hydrogen-bond acceptors (Lipinski definition) is 4. The Labute approximate surface area is 151 Å². The first-order valence-electron chi connectivity index (χ1n) is 8.75. The largest absolute Gasteiger partial charge is 0.339 e. The highest BCUT2D eigenvalue weighted by Crippen LogP contribution is 2.25. The Morgan fingerprint density at radius 2 is 2.04 bits per heavy atom. The monoisotopic (exact) mass is 355 g/mol. The molecule has 7 nitrogen and oxygen atoms in total. The van der Waals surface area contributed by atoms with E-state index in [0.717, 1.165) is 19.4 Å². The quantitative estimate of drug-likeness (QED) is 0.610. The maximum atomic E-state index is 12.9. The first kappa shape index (κ1) is 17.8. The zero-order chi connectivity index (χ0) is 18.7. The number of nitro groups is 1. The second-order valence-corrected chi connectivity index (χ2v) is 6.43. The normalized spacial score (nSPS) is 14.7. The fourth-order valence-electron chi connectivity index (χ4n) is 3.21. The van der Waals surface area contributed by atoms with Gasteiger partial charge in [-0.15, -0.1) is 0 Å². The van der Waals surface area contributed by atoms with Crippen molar-refractivity contribution in [1.29, 1.82) is 0 Å². The van der Waals surface area contributed by atoms with Crippen molar-refractivity contribution >= 4 is 28.3 Å². The van der Waals surface area contributed by atoms with Gasteiger partial charge in [0.15, 0.2) is 0 Å². The molecule has 1 saturated heterocycles. The van der Waals surface area contributed by atoms with Crippen molar-refractivity contribution in [2.75, 3.05) is 26.2 Å². The molecule has 0 radical (unpaired) electrons. The highest BCUT2D eigenvalue weighted by Gasteiger charge is 2.28. The minimum absolute atomic E-state index is 0.0122. The molecule has 26 heavy (non-hydrogen) atoms. The Morgan fingerprint density at radius 3 is 2.73 bits per heavy atom. The molecule has 1 aliphatic heterocycles. The van der Waals surface area contributed by atoms with Gasteiger partial charge in [-0.05, 0) is 29.3 Å². The van der Waals surface area contributed by atoms with E-state index < -0.39 is 4.92 Å². The molecule has 2 aromatic rings. The summed E-state index contributed by atoms with van der Waals surface area (Å²) in [7, 11) is 0. The number of amides is 2. The van der Waals surface area contributed by atoms with Gasteiger partial charge in [0, 0.05) is 37.3 Å². The third-order valence-corrected chi connectivity index (χ3v) is 4.69. The maximum Gasteiger partial charge on any atom is 0.270 e. The molecular formula is C19H21N3O4. The molecule has 0 bridgehead atoms. The van der Waals surface area contributed by atoms with Gasteiger partial charge >= 0.3 is 0 Å². The fourth-order valence-corrected chi connectivity index (χ4v) is 3.21. The Bertz CT molecular complexity index is 865. The fraction of sp³-hybridized carbons (Fsp3) is 0.368. The molecule has 2 amide bonds. The van der Waals surface area contributed by atoms with E-state index in [1.807, 2.05) is 0 Å². The molecule has 136 valence electrons. The van der Waals surface area contributed by atoms with E-state index in [9.17, 15) is 19.7 Å². The molecule has 7 heteroatoms. The number of carbonyl (C=O) groups is 2. The van der Waals surface area contributed by atoms with Crippen LogP contribution in [0.15, 0.2) is 36.4 Å². The Kier molecular flexibility index (Phi) is 5.16. The molecule has 2 aromatic carbocycles. The van der Waals surface area contributed by atoms with Crippen molar-refractivity contribution in [1.82, 2.24) is 9.80 Å². The average molecular weight is 355 g/mol. The number of nitrogens with zero attached hydrogens (tertiary/aromatic N) is 3. The van der Waals surface area contributed by atoms with Crippen molar-refractivity contribution in [2.45, 2.75) is 19.8 Å². The van der Waals surface area contributed by atoms with Crippen molar-refractivity contribution in [2.24, 2.45) is 0 Å². The van der Waals surface area contributed by atoms with Crippen LogP contribution in [0.1, 0.15) is 30.1 Å². The summed E-state index contributed by atoms with van der Waals surface area (Å²) >= 11 is 0. The summed E-state index contributed by atoms with van der Waals surface area (Å²) in [6.07, 6.45) is 1.98. The van der Waals surface area contributed by atoms with E-state index in [-0.39, 0.29) is 24.0 Å². The topological polar surface area (TPSA) is 83.8 Å². The van der Waals surface area contributed by atoms with Gasteiger partial charge in [0.2, 0.25) is 5.91 Å². The van der Waals surface area contributed by atoms with Crippen LogP contribution in [0.3, 0.4) is 0 Å². The summed E-state index contributed by atoms with van der Waals surface area (Å²) in [6, 6.07) is 9.60. The van der Waals surface area contributed by atoms with Crippen LogP contribution in [0.5, 0.6) is 0 Å². The van der Waals surface area contributed by atoms with Crippen LogP contribution in [0.25, 0.3) is 10.8 Å². The van der Waals surface area contributed by atoms with Crippen LogP contribution >= 0.6 is 0 Å². The Hall–Kier alpha value is -2.96. The zero-order valence-electron chi connectivity index (χ0n) is 14.7. The molecular weight excluding hydrogens is 334 g/mol. The van der Waals surface area contributed by atoms with Crippen LogP contribution in [-0.2, 0) is 4.79 Å². The number of nitro benzene ring substituents is 1. The van der Waals surface area contributed by atoms with Gasteiger partial charge in [-0.3, -0.25) is 19.7 Å². The lowest BCUT2D eigenvalue weighted by molar-refractivity contribution is -0.384. The van der Waals surface area contributed by atoms with E-state index in [2.05, 4.69) is 6.92 Å². The third-order valence-electron chi connectivity index (χ3n) is 4.69. The molecule has 0 N–H and O–H groups in total. The molecule has 1 aliphatic rings. The van der Waals surface area contributed by atoms with E-state index >= 15 is 0 Å². The first-order valence-corrected chi connectivity index (χ1v) is 8.75. The van der Waals surface area contributed by atoms with Gasteiger partial charge < -0.3 is 9.80 Å². The molecule has 0 saturated carbocycles. The molecule has 0 spiro atoms. The summed E-state index contributed by atoms with van der Waals surface area (Å²) in [5, 5.41) is 12.2. The number of piperazine rings is 1. The van der Waals surface area contributed by atoms with Gasteiger partial charge in [-0.2, -0.15) is 0 Å². The summed E-state index contributed by atoms with van der Waals surface area (Å²) in [5.41, 5.74) is 0.453. The van der Waals surface area contributed by atoms with Crippen molar-refractivity contribution in [3.63, 3.8) is 0 Å². The third kappa shape index (κ3) is 3.51. The lowest BCUT2D eigenvalue weighted by atomic mass is 10.0. The maximum absolute atomic E-state index is 12.9. The minimum Gasteiger partial charge on any atom is -0.339 e. The molecule has 1 fully saturated rings. The Morgan fingerprint density at radius 1 is 1.23 bits per heavy atom. The number of non-ortho nitro benzene ring substituents is 1. The Balaban J connectivity index is 1.82. The number of hydrogen-bond donors (Lipinski definition) is 0. The summed E-state index contributed by atoms with van der Waals surface area (Å²) in [5.74, 6) is -0.248. The first-order chi connectivity index (χ1) is 12.5. The lowest BCUT2D eigenvalue weighted by Crippen LogP contribution is -2.52. The molecule has 1 heterocycles. The van der Waals surface area contributed by atoms with Gasteiger partial charge in [0.1, 0.15) is 6.54 Å². The van der Waals surface area contributed by atoms with Crippen LogP contribution in [-0.4, -0.2) is 52.7 Å². The van der Waals surface area contributed by atoms with Gasteiger partial charge in [0.05, 0.1) is 4.92 Å². The van der Waals surface area contributed by atoms with E-state index in [0.29, 0.717) is 29.4 Å². The molecule has 0 aliphatic carbocycles. The smallest absolute Gasteiger partial charge is 0.270 e. The summed E-state index contributed by atoms with van der Waals surface area (Å²) in [4.78, 5) is 39.1. The number of rotatable bonds is 5. The van der Waals surface area contributed by atoms with Gasteiger partial charge in [-0.25, -0.2) is 0 Å². The van der Waals surface area contributed by atoms with Crippen LogP contribution in [0.2, 0.25) is 0 Å². The number of fused-ring (bicyclic) bond motifs is 1. The van der Waals surface area contributed by atoms with Crippen molar-refractivity contribution in [3.8, 4) is 0 Å². The highest BCUT2D eigenvalue weighted by atomic mass is 16.6. The second kappa shape index (κ2) is 7.51. The summed E-state index contributed by atoms with van der Waals surface area (Å²) < 4.78 is 0. The van der Waals surface area contributed by atoms with E-state index in [1.54, 1.807) is 34.1 Å². The molecule has 0 atom stereocenters. The number of benzene rings is 2. The highest BCUT2D eigenvalue weighted by molar-refractivity contribution is 6.08. The van der Waals surface area contributed by atoms with Crippen molar-refractivity contribution in [3.05, 3.63) is 52.1 Å². The zero-order valence-corrected chi connectivity index (χ0v) is 14.7. The van der Waals surface area contributed by atoms with Gasteiger partial charge in [-0.1, -0.05) is 25.5 Å². The SMILES string of the molecule is CCCCN1CCN(C(=O)c2cccc3cc([N+](=O)[O-])ccc23)CC1=O. The average Bonchev–Trinajstić information content (AvgIpc) is 2.65. The van der Waals surface area contributed by atoms with Gasteiger partial charge in [0.25, 0.3) is 11.6 Å². The van der Waals surface area contributed by atoms with Crippen LogP contribution in [0, 0.1) is 10.1 Å². The number of carbonyl (C=O) groups excluding carboxylic acids is 2. The second-order valence-electron chi connectivity index (χ2n) is 6.43. The van der Waals surface area contributed by atoms with Crippen LogP contribution in [0.4, 0.5) is 5.69 Å². The predicted molar refractivity (Wildman–Crippen MR) is 98.0 cm³/mol. The lowest BCUT2D eigenvalue weighted by Gasteiger charge is -2.34. The standard InChI is InChI=1S/C19H21N3O4/c1-2-3-9-20-10-11-21(13-18(20)23)19(24)17-6-4-5-14-12-15(22(25)26)7-8-16(14)17/h4-8,12H,2-3,9-11,13H2,1H3. The van der Waals surface area contributed by atoms with Crippen LogP contribution < -0.4 is 0 Å². The van der Waals surface area contributed by atoms with Crippen molar-refractivity contribution < 1.29 is 14.5 Å². The number of unbranched alkanes of at least 4 members (excludes halogenated alkanes) is 1. The molecule has 0 aromatic heterocycles. The predicted octanol–water partition coefficient (Wildman–Crippen LogP) is 2.83.